The molecule has 1 N–H and O–H groups in total. The SMILES string of the molecule is CCNC(c1cc(Cl)ccc1Br)C1CCOCC1. The van der Waals surface area contributed by atoms with Crippen molar-refractivity contribution in [3.8, 4) is 0 Å². The van der Waals surface area contributed by atoms with Gasteiger partial charge in [-0.3, -0.25) is 0 Å². The number of hydrogen-bond acceptors (Lipinski definition) is 2. The highest BCUT2D eigenvalue weighted by molar-refractivity contribution is 9.10. The lowest BCUT2D eigenvalue weighted by Crippen LogP contribution is -2.32. The predicted molar refractivity (Wildman–Crippen MR) is 79.1 cm³/mol. The normalized spacial score (nSPS) is 18.8. The Morgan fingerprint density at radius 3 is 2.83 bits per heavy atom. The Hall–Kier alpha value is -0.0900. The van der Waals surface area contributed by atoms with E-state index in [9.17, 15) is 0 Å². The zero-order valence-corrected chi connectivity index (χ0v) is 12.9. The number of rotatable bonds is 4. The summed E-state index contributed by atoms with van der Waals surface area (Å²) >= 11 is 9.76. The Bertz CT molecular complexity index is 393. The third-order valence-corrected chi connectivity index (χ3v) is 4.41. The van der Waals surface area contributed by atoms with Crippen molar-refractivity contribution in [1.82, 2.24) is 5.32 Å². The molecule has 0 amide bonds. The van der Waals surface area contributed by atoms with Crippen molar-refractivity contribution in [3.05, 3.63) is 33.3 Å². The standard InChI is InChI=1S/C14H19BrClNO/c1-2-17-14(10-5-7-18-8-6-10)12-9-11(16)3-4-13(12)15/h3-4,9-10,14,17H,2,5-8H2,1H3. The molecule has 2 nitrogen and oxygen atoms in total. The number of halogens is 2. The fourth-order valence-electron chi connectivity index (χ4n) is 2.55. The van der Waals surface area contributed by atoms with E-state index in [4.69, 9.17) is 16.3 Å². The van der Waals surface area contributed by atoms with Gasteiger partial charge in [0.15, 0.2) is 0 Å². The summed E-state index contributed by atoms with van der Waals surface area (Å²) in [6.07, 6.45) is 2.22. The maximum atomic E-state index is 6.13. The number of benzene rings is 1. The molecule has 1 saturated heterocycles. The average molecular weight is 333 g/mol. The highest BCUT2D eigenvalue weighted by Crippen LogP contribution is 2.35. The molecule has 1 fully saturated rings. The summed E-state index contributed by atoms with van der Waals surface area (Å²) in [5, 5.41) is 4.39. The monoisotopic (exact) mass is 331 g/mol. The van der Waals surface area contributed by atoms with Gasteiger partial charge in [-0.05, 0) is 49.1 Å². The summed E-state index contributed by atoms with van der Waals surface area (Å²) in [5.74, 6) is 0.619. The van der Waals surface area contributed by atoms with Crippen LogP contribution in [0.1, 0.15) is 31.4 Å². The van der Waals surface area contributed by atoms with Gasteiger partial charge in [0, 0.05) is 28.8 Å². The third-order valence-electron chi connectivity index (χ3n) is 3.45. The van der Waals surface area contributed by atoms with Crippen LogP contribution in [-0.4, -0.2) is 19.8 Å². The minimum atomic E-state index is 0.354. The van der Waals surface area contributed by atoms with Crippen LogP contribution in [0.5, 0.6) is 0 Å². The Morgan fingerprint density at radius 1 is 1.44 bits per heavy atom. The van der Waals surface area contributed by atoms with Gasteiger partial charge < -0.3 is 10.1 Å². The van der Waals surface area contributed by atoms with Gasteiger partial charge in [-0.2, -0.15) is 0 Å². The second-order valence-electron chi connectivity index (χ2n) is 4.65. The molecule has 1 aromatic rings. The van der Waals surface area contributed by atoms with Gasteiger partial charge in [-0.1, -0.05) is 34.5 Å². The van der Waals surface area contributed by atoms with Crippen molar-refractivity contribution in [2.75, 3.05) is 19.8 Å². The van der Waals surface area contributed by atoms with Crippen LogP contribution in [0.25, 0.3) is 0 Å². The van der Waals surface area contributed by atoms with Crippen molar-refractivity contribution in [3.63, 3.8) is 0 Å². The van der Waals surface area contributed by atoms with E-state index in [1.54, 1.807) is 0 Å². The van der Waals surface area contributed by atoms with Crippen molar-refractivity contribution in [2.24, 2.45) is 5.92 Å². The molecule has 1 heterocycles. The second-order valence-corrected chi connectivity index (χ2v) is 5.94. The van der Waals surface area contributed by atoms with Crippen LogP contribution in [-0.2, 0) is 4.74 Å². The zero-order chi connectivity index (χ0) is 13.0. The van der Waals surface area contributed by atoms with Crippen LogP contribution in [0, 0.1) is 5.92 Å². The van der Waals surface area contributed by atoms with Gasteiger partial charge >= 0.3 is 0 Å². The fourth-order valence-corrected chi connectivity index (χ4v) is 3.23. The molecule has 0 spiro atoms. The highest BCUT2D eigenvalue weighted by atomic mass is 79.9. The quantitative estimate of drug-likeness (QED) is 0.893. The van der Waals surface area contributed by atoms with E-state index in [-0.39, 0.29) is 0 Å². The first-order valence-electron chi connectivity index (χ1n) is 6.48. The van der Waals surface area contributed by atoms with Crippen LogP contribution in [0.3, 0.4) is 0 Å². The molecule has 100 valence electrons. The van der Waals surface area contributed by atoms with Crippen LogP contribution >= 0.6 is 27.5 Å². The van der Waals surface area contributed by atoms with Gasteiger partial charge in [-0.15, -0.1) is 0 Å². The van der Waals surface area contributed by atoms with E-state index in [0.29, 0.717) is 12.0 Å². The molecule has 4 heteroatoms. The molecule has 18 heavy (non-hydrogen) atoms. The van der Waals surface area contributed by atoms with Crippen LogP contribution in [0.4, 0.5) is 0 Å². The molecule has 0 aliphatic carbocycles. The minimum absolute atomic E-state index is 0.354. The molecule has 1 aromatic carbocycles. The highest BCUT2D eigenvalue weighted by Gasteiger charge is 2.26. The first-order chi connectivity index (χ1) is 8.72. The molecule has 0 bridgehead atoms. The molecule has 1 aliphatic heterocycles. The van der Waals surface area contributed by atoms with Gasteiger partial charge in [0.2, 0.25) is 0 Å². The van der Waals surface area contributed by atoms with Crippen molar-refractivity contribution < 1.29 is 4.74 Å². The van der Waals surface area contributed by atoms with Crippen molar-refractivity contribution in [2.45, 2.75) is 25.8 Å². The van der Waals surface area contributed by atoms with E-state index in [1.807, 2.05) is 12.1 Å². The van der Waals surface area contributed by atoms with Gasteiger partial charge in [0.1, 0.15) is 0 Å². The minimum Gasteiger partial charge on any atom is -0.381 e. The second kappa shape index (κ2) is 6.90. The Labute approximate surface area is 122 Å². The third kappa shape index (κ3) is 3.47. The van der Waals surface area contributed by atoms with Crippen LogP contribution < -0.4 is 5.32 Å². The van der Waals surface area contributed by atoms with E-state index >= 15 is 0 Å². The molecule has 1 aliphatic rings. The summed E-state index contributed by atoms with van der Waals surface area (Å²) in [6.45, 7) is 4.83. The fraction of sp³-hybridized carbons (Fsp3) is 0.571. The molecular formula is C14H19BrClNO. The molecule has 0 aromatic heterocycles. The Balaban J connectivity index is 2.24. The van der Waals surface area contributed by atoms with Crippen LogP contribution in [0.2, 0.25) is 5.02 Å². The lowest BCUT2D eigenvalue weighted by atomic mass is 9.87. The summed E-state index contributed by atoms with van der Waals surface area (Å²) < 4.78 is 6.58. The smallest absolute Gasteiger partial charge is 0.0469 e. The first kappa shape index (κ1) is 14.3. The molecule has 0 saturated carbocycles. The molecule has 1 atom stereocenters. The molecular weight excluding hydrogens is 314 g/mol. The van der Waals surface area contributed by atoms with Crippen molar-refractivity contribution >= 4 is 27.5 Å². The zero-order valence-electron chi connectivity index (χ0n) is 10.6. The predicted octanol–water partition coefficient (Wildman–Crippen LogP) is 4.18. The number of hydrogen-bond donors (Lipinski definition) is 1. The summed E-state index contributed by atoms with van der Waals surface area (Å²) in [6, 6.07) is 6.37. The number of nitrogens with one attached hydrogen (secondary N) is 1. The number of ether oxygens (including phenoxy) is 1. The Kier molecular flexibility index (Phi) is 5.49. The first-order valence-corrected chi connectivity index (χ1v) is 7.65. The van der Waals surface area contributed by atoms with Gasteiger partial charge in [-0.25, -0.2) is 0 Å². The Morgan fingerprint density at radius 2 is 2.17 bits per heavy atom. The average Bonchev–Trinajstić information content (AvgIpc) is 2.40. The topological polar surface area (TPSA) is 21.3 Å². The maximum Gasteiger partial charge on any atom is 0.0469 e. The van der Waals surface area contributed by atoms with E-state index in [2.05, 4.69) is 34.2 Å². The van der Waals surface area contributed by atoms with Gasteiger partial charge in [0.25, 0.3) is 0 Å². The molecule has 1 unspecified atom stereocenters. The molecule has 0 radical (unpaired) electrons. The lowest BCUT2D eigenvalue weighted by Gasteiger charge is -2.32. The summed E-state index contributed by atoms with van der Waals surface area (Å²) in [7, 11) is 0. The summed E-state index contributed by atoms with van der Waals surface area (Å²) in [5.41, 5.74) is 1.26. The van der Waals surface area contributed by atoms with Gasteiger partial charge in [0.05, 0.1) is 0 Å². The van der Waals surface area contributed by atoms with E-state index in [1.165, 1.54) is 5.56 Å². The summed E-state index contributed by atoms with van der Waals surface area (Å²) in [4.78, 5) is 0. The maximum absolute atomic E-state index is 6.13. The largest absolute Gasteiger partial charge is 0.381 e. The van der Waals surface area contributed by atoms with Crippen molar-refractivity contribution in [1.29, 1.82) is 0 Å². The van der Waals surface area contributed by atoms with E-state index < -0.39 is 0 Å². The lowest BCUT2D eigenvalue weighted by molar-refractivity contribution is 0.0537. The van der Waals surface area contributed by atoms with Crippen LogP contribution in [0.15, 0.2) is 22.7 Å². The van der Waals surface area contributed by atoms with E-state index in [0.717, 1.165) is 42.1 Å². The molecule has 2 rings (SSSR count).